The van der Waals surface area contributed by atoms with Crippen LogP contribution in [0.5, 0.6) is 5.75 Å². The summed E-state index contributed by atoms with van der Waals surface area (Å²) in [6.45, 7) is 2.36. The van der Waals surface area contributed by atoms with Gasteiger partial charge in [0.05, 0.1) is 31.7 Å². The highest BCUT2D eigenvalue weighted by molar-refractivity contribution is 7.80. The van der Waals surface area contributed by atoms with Crippen molar-refractivity contribution in [1.82, 2.24) is 5.32 Å². The Morgan fingerprint density at radius 1 is 1.07 bits per heavy atom. The molecule has 0 aromatic heterocycles. The molecule has 160 valence electrons. The number of rotatable bonds is 4. The van der Waals surface area contributed by atoms with Crippen molar-refractivity contribution < 1.29 is 31.8 Å². The molecule has 1 amide bonds. The molecule has 1 aliphatic rings. The number of benzene rings is 2. The van der Waals surface area contributed by atoms with Gasteiger partial charge in [0.25, 0.3) is 5.91 Å². The lowest BCUT2D eigenvalue weighted by atomic mass is 10.1. The molecule has 1 aliphatic heterocycles. The Hall–Kier alpha value is -2.92. The average Bonchev–Trinajstić information content (AvgIpc) is 2.74. The minimum atomic E-state index is -1.89. The maximum absolute atomic E-state index is 14.1. The fraction of sp³-hybridized carbons (Fsp3) is 0.263. The van der Waals surface area contributed by atoms with E-state index in [2.05, 4.69) is 10.1 Å². The van der Waals surface area contributed by atoms with Crippen LogP contribution in [0.4, 0.5) is 28.9 Å². The Labute approximate surface area is 174 Å². The maximum atomic E-state index is 14.1. The summed E-state index contributed by atoms with van der Waals surface area (Å²) < 4.78 is 65.6. The van der Waals surface area contributed by atoms with Gasteiger partial charge in [-0.2, -0.15) is 8.78 Å². The molecule has 2 aromatic rings. The van der Waals surface area contributed by atoms with Crippen LogP contribution in [-0.2, 0) is 4.74 Å². The number of carbonyl (C=O) groups excluding carboxylic acids is 1. The fourth-order valence-electron chi connectivity index (χ4n) is 2.97. The van der Waals surface area contributed by atoms with E-state index in [1.165, 1.54) is 0 Å². The highest BCUT2D eigenvalue weighted by Gasteiger charge is 2.30. The number of para-hydroxylation sites is 2. The summed E-state index contributed by atoms with van der Waals surface area (Å²) in [6, 6.07) is 7.05. The third kappa shape index (κ3) is 4.31. The highest BCUT2D eigenvalue weighted by atomic mass is 32.1. The number of amides is 1. The normalized spacial score (nSPS) is 13.7. The molecule has 0 bridgehead atoms. The van der Waals surface area contributed by atoms with E-state index in [9.17, 15) is 22.4 Å². The molecule has 11 heteroatoms. The van der Waals surface area contributed by atoms with Gasteiger partial charge >= 0.3 is 0 Å². The van der Waals surface area contributed by atoms with Crippen molar-refractivity contribution >= 4 is 34.6 Å². The van der Waals surface area contributed by atoms with Gasteiger partial charge in [-0.3, -0.25) is 10.1 Å². The zero-order chi connectivity index (χ0) is 21.8. The van der Waals surface area contributed by atoms with Gasteiger partial charge in [-0.05, 0) is 24.4 Å². The summed E-state index contributed by atoms with van der Waals surface area (Å²) in [6.07, 6.45) is 0. The number of carbonyl (C=O) groups is 1. The molecule has 0 spiro atoms. The summed E-state index contributed by atoms with van der Waals surface area (Å²) in [4.78, 5) is 14.3. The number of morpholine rings is 1. The quantitative estimate of drug-likeness (QED) is 0.430. The van der Waals surface area contributed by atoms with Crippen LogP contribution in [-0.4, -0.2) is 44.4 Å². The van der Waals surface area contributed by atoms with Gasteiger partial charge in [-0.25, -0.2) is 8.78 Å². The first-order valence-electron chi connectivity index (χ1n) is 8.79. The van der Waals surface area contributed by atoms with E-state index in [0.717, 1.165) is 12.8 Å². The zero-order valence-corrected chi connectivity index (χ0v) is 16.5. The van der Waals surface area contributed by atoms with Gasteiger partial charge in [-0.1, -0.05) is 12.1 Å². The van der Waals surface area contributed by atoms with Crippen molar-refractivity contribution in [2.45, 2.75) is 0 Å². The number of ether oxygens (including phenoxy) is 2. The number of nitrogens with zero attached hydrogens (tertiary/aromatic N) is 1. The molecule has 0 atom stereocenters. The summed E-state index contributed by atoms with van der Waals surface area (Å²) in [5.41, 5.74) is -0.148. The van der Waals surface area contributed by atoms with Crippen LogP contribution < -0.4 is 20.3 Å². The largest absolute Gasteiger partial charge is 0.491 e. The SMILES string of the molecule is COc1c(F)c(F)c(C(=O)NC(=S)Nc2ccccc2N2CCOCC2)c(F)c1F. The van der Waals surface area contributed by atoms with Crippen molar-refractivity contribution in [3.05, 3.63) is 53.1 Å². The van der Waals surface area contributed by atoms with E-state index in [1.54, 1.807) is 12.1 Å². The van der Waals surface area contributed by atoms with Crippen LogP contribution in [0.1, 0.15) is 10.4 Å². The van der Waals surface area contributed by atoms with Crippen molar-refractivity contribution in [1.29, 1.82) is 0 Å². The van der Waals surface area contributed by atoms with E-state index in [-0.39, 0.29) is 5.11 Å². The highest BCUT2D eigenvalue weighted by Crippen LogP contribution is 2.30. The first-order valence-corrected chi connectivity index (χ1v) is 9.20. The lowest BCUT2D eigenvalue weighted by molar-refractivity contribution is 0.0966. The van der Waals surface area contributed by atoms with E-state index < -0.39 is 40.5 Å². The molecular weight excluding hydrogens is 426 g/mol. The standard InChI is InChI=1S/C19H17F4N3O3S/c1-28-17-15(22)13(20)12(14(21)16(17)23)18(27)25-19(30)24-10-4-2-3-5-11(10)26-6-8-29-9-7-26/h2-5H,6-9H2,1H3,(H2,24,25,27,30). The molecule has 2 aromatic carbocycles. The number of halogens is 4. The third-order valence-electron chi connectivity index (χ3n) is 4.39. The monoisotopic (exact) mass is 443 g/mol. The number of hydrogen-bond acceptors (Lipinski definition) is 5. The van der Waals surface area contributed by atoms with E-state index in [1.807, 2.05) is 22.3 Å². The molecule has 6 nitrogen and oxygen atoms in total. The Morgan fingerprint density at radius 2 is 1.67 bits per heavy atom. The first kappa shape index (κ1) is 21.8. The summed E-state index contributed by atoms with van der Waals surface area (Å²) in [7, 11) is 0.838. The number of anilines is 2. The Kier molecular flexibility index (Phi) is 6.73. The smallest absolute Gasteiger partial charge is 0.263 e. The third-order valence-corrected chi connectivity index (χ3v) is 4.59. The number of methoxy groups -OCH3 is 1. The lowest BCUT2D eigenvalue weighted by Crippen LogP contribution is -2.38. The van der Waals surface area contributed by atoms with Crippen LogP contribution >= 0.6 is 12.2 Å². The molecule has 1 fully saturated rings. The first-order chi connectivity index (χ1) is 14.3. The number of hydrogen-bond donors (Lipinski definition) is 2. The molecule has 0 radical (unpaired) electrons. The van der Waals surface area contributed by atoms with Crippen LogP contribution in [0.15, 0.2) is 24.3 Å². The Morgan fingerprint density at radius 3 is 2.27 bits per heavy atom. The fourth-order valence-corrected chi connectivity index (χ4v) is 3.17. The van der Waals surface area contributed by atoms with E-state index >= 15 is 0 Å². The minimum absolute atomic E-state index is 0.309. The zero-order valence-electron chi connectivity index (χ0n) is 15.7. The van der Waals surface area contributed by atoms with Crippen LogP contribution in [0, 0.1) is 23.3 Å². The van der Waals surface area contributed by atoms with Gasteiger partial charge in [0.15, 0.2) is 22.5 Å². The average molecular weight is 443 g/mol. The van der Waals surface area contributed by atoms with Gasteiger partial charge < -0.3 is 19.7 Å². The molecule has 0 unspecified atom stereocenters. The maximum Gasteiger partial charge on any atom is 0.263 e. The predicted molar refractivity (Wildman–Crippen MR) is 106 cm³/mol. The Balaban J connectivity index is 1.79. The molecule has 2 N–H and O–H groups in total. The second-order valence-corrected chi connectivity index (χ2v) is 6.60. The molecule has 1 saturated heterocycles. The topological polar surface area (TPSA) is 62.8 Å². The second kappa shape index (κ2) is 9.26. The molecule has 1 heterocycles. The van der Waals surface area contributed by atoms with Crippen molar-refractivity contribution in [3.8, 4) is 5.75 Å². The number of thiocarbonyl (C=S) groups is 1. The van der Waals surface area contributed by atoms with Gasteiger partial charge in [-0.15, -0.1) is 0 Å². The Bertz CT molecular complexity index is 955. The van der Waals surface area contributed by atoms with Crippen LogP contribution in [0.25, 0.3) is 0 Å². The number of nitrogens with one attached hydrogen (secondary N) is 2. The lowest BCUT2D eigenvalue weighted by Gasteiger charge is -2.30. The van der Waals surface area contributed by atoms with E-state index in [4.69, 9.17) is 17.0 Å². The van der Waals surface area contributed by atoms with Gasteiger partial charge in [0.1, 0.15) is 5.56 Å². The second-order valence-electron chi connectivity index (χ2n) is 6.19. The minimum Gasteiger partial charge on any atom is -0.491 e. The van der Waals surface area contributed by atoms with Crippen molar-refractivity contribution in [2.75, 3.05) is 43.6 Å². The summed E-state index contributed by atoms with van der Waals surface area (Å²) >= 11 is 5.03. The van der Waals surface area contributed by atoms with E-state index in [0.29, 0.717) is 32.0 Å². The molecule has 0 saturated carbocycles. The van der Waals surface area contributed by atoms with Gasteiger partial charge in [0, 0.05) is 13.1 Å². The molecule has 3 rings (SSSR count). The van der Waals surface area contributed by atoms with Gasteiger partial charge in [0.2, 0.25) is 11.6 Å². The molecule has 0 aliphatic carbocycles. The van der Waals surface area contributed by atoms with Crippen molar-refractivity contribution in [2.24, 2.45) is 0 Å². The summed E-state index contributed by atoms with van der Waals surface area (Å²) in [5.74, 6) is -10.1. The molecular formula is C19H17F4N3O3S. The van der Waals surface area contributed by atoms with Crippen LogP contribution in [0.3, 0.4) is 0 Å². The van der Waals surface area contributed by atoms with Crippen LogP contribution in [0.2, 0.25) is 0 Å². The predicted octanol–water partition coefficient (Wildman–Crippen LogP) is 3.22. The van der Waals surface area contributed by atoms with Crippen molar-refractivity contribution in [3.63, 3.8) is 0 Å². The summed E-state index contributed by atoms with van der Waals surface area (Å²) in [5, 5.41) is 4.48. The molecule has 30 heavy (non-hydrogen) atoms.